The molecule has 0 bridgehead atoms. The molecule has 1 saturated heterocycles. The lowest BCUT2D eigenvalue weighted by molar-refractivity contribution is 0.307. The van der Waals surface area contributed by atoms with E-state index in [0.29, 0.717) is 0 Å². The maximum Gasteiger partial charge on any atom is 0.0729 e. The molecular formula is C22H24N4S. The van der Waals surface area contributed by atoms with Gasteiger partial charge < -0.3 is 4.90 Å². The average Bonchev–Trinajstić information content (AvgIpc) is 3.37. The fourth-order valence-electron chi connectivity index (χ4n) is 4.60. The van der Waals surface area contributed by atoms with E-state index in [2.05, 4.69) is 57.4 Å². The van der Waals surface area contributed by atoms with Gasteiger partial charge in [-0.2, -0.15) is 0 Å². The summed E-state index contributed by atoms with van der Waals surface area (Å²) >= 11 is 1.88. The molecule has 4 nitrogen and oxygen atoms in total. The first-order valence-corrected chi connectivity index (χ1v) is 10.5. The molecule has 3 aromatic rings. The Balaban J connectivity index is 1.39. The Kier molecular flexibility index (Phi) is 4.21. The van der Waals surface area contributed by atoms with Gasteiger partial charge >= 0.3 is 0 Å². The molecule has 3 aromatic heterocycles. The van der Waals surface area contributed by atoms with Gasteiger partial charge in [0.1, 0.15) is 0 Å². The van der Waals surface area contributed by atoms with E-state index in [-0.39, 0.29) is 5.41 Å². The van der Waals surface area contributed by atoms with Crippen LogP contribution in [0.3, 0.4) is 0 Å². The Morgan fingerprint density at radius 3 is 2.78 bits per heavy atom. The highest BCUT2D eigenvalue weighted by Crippen LogP contribution is 2.45. The molecule has 0 saturated carbocycles. The lowest BCUT2D eigenvalue weighted by Gasteiger charge is -2.25. The van der Waals surface area contributed by atoms with Gasteiger partial charge in [0.25, 0.3) is 0 Å². The van der Waals surface area contributed by atoms with Crippen LogP contribution < -0.4 is 4.90 Å². The summed E-state index contributed by atoms with van der Waals surface area (Å²) in [6, 6.07) is 12.7. The van der Waals surface area contributed by atoms with Gasteiger partial charge in [-0.3, -0.25) is 14.9 Å². The average molecular weight is 377 g/mol. The quantitative estimate of drug-likeness (QED) is 0.689. The second-order valence-electron chi connectivity index (χ2n) is 7.82. The summed E-state index contributed by atoms with van der Waals surface area (Å²) in [7, 11) is 0. The molecule has 0 amide bonds. The first-order chi connectivity index (χ1) is 13.2. The number of rotatable bonds is 4. The maximum atomic E-state index is 4.85. The topological polar surface area (TPSA) is 32.3 Å². The highest BCUT2D eigenvalue weighted by Gasteiger charge is 2.48. The van der Waals surface area contributed by atoms with Crippen molar-refractivity contribution in [2.75, 3.05) is 24.5 Å². The van der Waals surface area contributed by atoms with Crippen molar-refractivity contribution in [2.24, 2.45) is 0 Å². The summed E-state index contributed by atoms with van der Waals surface area (Å²) < 4.78 is 0. The van der Waals surface area contributed by atoms with E-state index in [1.54, 1.807) is 0 Å². The first-order valence-electron chi connectivity index (χ1n) is 9.59. The monoisotopic (exact) mass is 376 g/mol. The van der Waals surface area contributed by atoms with Gasteiger partial charge in [0.05, 0.1) is 23.6 Å². The van der Waals surface area contributed by atoms with Crippen molar-refractivity contribution in [3.05, 3.63) is 76.0 Å². The number of hydrogen-bond donors (Lipinski definition) is 0. The van der Waals surface area contributed by atoms with Crippen molar-refractivity contribution in [3.63, 3.8) is 0 Å². The standard InChI is InChI=1S/C22H24N4S/c1-17-7-12-27-20(17)14-25-11-8-22(15-25)16-26(13-18-5-2-3-9-23-18)19-6-4-10-24-21(19)22/h2-7,9-10,12H,8,11,13-16H2,1H3/t22-/m0/s1. The minimum atomic E-state index is 0.149. The minimum absolute atomic E-state index is 0.149. The predicted molar refractivity (Wildman–Crippen MR) is 110 cm³/mol. The van der Waals surface area contributed by atoms with Crippen LogP contribution in [0.15, 0.2) is 54.2 Å². The van der Waals surface area contributed by atoms with E-state index in [1.807, 2.05) is 29.8 Å². The van der Waals surface area contributed by atoms with Crippen LogP contribution in [0.1, 0.15) is 28.2 Å². The van der Waals surface area contributed by atoms with Gasteiger partial charge in [-0.05, 0) is 61.2 Å². The van der Waals surface area contributed by atoms with Crippen molar-refractivity contribution in [2.45, 2.75) is 31.8 Å². The Morgan fingerprint density at radius 1 is 1.04 bits per heavy atom. The van der Waals surface area contributed by atoms with Crippen molar-refractivity contribution >= 4 is 17.0 Å². The molecule has 2 aliphatic heterocycles. The van der Waals surface area contributed by atoms with Crippen LogP contribution >= 0.6 is 11.3 Å². The zero-order valence-electron chi connectivity index (χ0n) is 15.6. The van der Waals surface area contributed by atoms with Crippen LogP contribution in [0, 0.1) is 6.92 Å². The summed E-state index contributed by atoms with van der Waals surface area (Å²) in [5, 5.41) is 2.21. The number of aryl methyl sites for hydroxylation is 1. The molecule has 1 atom stereocenters. The summed E-state index contributed by atoms with van der Waals surface area (Å²) in [6.45, 7) is 7.41. The molecule has 0 unspecified atom stereocenters. The third-order valence-corrected chi connectivity index (χ3v) is 6.98. The maximum absolute atomic E-state index is 4.85. The van der Waals surface area contributed by atoms with Crippen molar-refractivity contribution < 1.29 is 0 Å². The van der Waals surface area contributed by atoms with Crippen LogP contribution in [0.2, 0.25) is 0 Å². The molecule has 0 N–H and O–H groups in total. The van der Waals surface area contributed by atoms with E-state index < -0.39 is 0 Å². The van der Waals surface area contributed by atoms with Crippen molar-refractivity contribution in [1.82, 2.24) is 14.9 Å². The SMILES string of the molecule is Cc1ccsc1CN1CC[C@]2(C1)CN(Cc1ccccn1)c1cccnc12. The Bertz CT molecular complexity index is 938. The van der Waals surface area contributed by atoms with Crippen molar-refractivity contribution in [1.29, 1.82) is 0 Å². The van der Waals surface area contributed by atoms with Gasteiger partial charge in [0.2, 0.25) is 0 Å². The Hall–Kier alpha value is -2.24. The summed E-state index contributed by atoms with van der Waals surface area (Å²) in [5.41, 5.74) is 5.26. The number of nitrogens with zero attached hydrogens (tertiary/aromatic N) is 4. The molecule has 0 aliphatic carbocycles. The number of aromatic nitrogens is 2. The molecule has 5 heterocycles. The van der Waals surface area contributed by atoms with Crippen LogP contribution in [-0.2, 0) is 18.5 Å². The normalized spacial score (nSPS) is 21.9. The van der Waals surface area contributed by atoms with E-state index in [9.17, 15) is 0 Å². The zero-order valence-corrected chi connectivity index (χ0v) is 16.5. The van der Waals surface area contributed by atoms with Gasteiger partial charge in [0, 0.05) is 42.3 Å². The lowest BCUT2D eigenvalue weighted by Crippen LogP contribution is -2.36. The highest BCUT2D eigenvalue weighted by molar-refractivity contribution is 7.10. The number of anilines is 1. The Labute approximate surface area is 164 Å². The van der Waals surface area contributed by atoms with Gasteiger partial charge in [-0.1, -0.05) is 6.07 Å². The van der Waals surface area contributed by atoms with Crippen LogP contribution in [0.4, 0.5) is 5.69 Å². The molecule has 0 radical (unpaired) electrons. The molecule has 5 rings (SSSR count). The van der Waals surface area contributed by atoms with Gasteiger partial charge in [0.15, 0.2) is 0 Å². The largest absolute Gasteiger partial charge is 0.363 e. The third kappa shape index (κ3) is 3.05. The smallest absolute Gasteiger partial charge is 0.0729 e. The molecule has 1 fully saturated rings. The molecule has 5 heteroatoms. The van der Waals surface area contributed by atoms with Crippen LogP contribution in [0.5, 0.6) is 0 Å². The highest BCUT2D eigenvalue weighted by atomic mass is 32.1. The predicted octanol–water partition coefficient (Wildman–Crippen LogP) is 4.01. The number of fused-ring (bicyclic) bond motifs is 2. The molecule has 138 valence electrons. The van der Waals surface area contributed by atoms with E-state index >= 15 is 0 Å². The Morgan fingerprint density at radius 2 is 1.96 bits per heavy atom. The van der Waals surface area contributed by atoms with Crippen molar-refractivity contribution in [3.8, 4) is 0 Å². The van der Waals surface area contributed by atoms with Gasteiger partial charge in [-0.15, -0.1) is 11.3 Å². The summed E-state index contributed by atoms with van der Waals surface area (Å²) in [4.78, 5) is 16.0. The number of hydrogen-bond acceptors (Lipinski definition) is 5. The van der Waals surface area contributed by atoms with Crippen LogP contribution in [0.25, 0.3) is 0 Å². The molecule has 2 aliphatic rings. The molecule has 27 heavy (non-hydrogen) atoms. The summed E-state index contributed by atoms with van der Waals surface area (Å²) in [6.07, 6.45) is 5.02. The second-order valence-corrected chi connectivity index (χ2v) is 8.82. The van der Waals surface area contributed by atoms with E-state index in [0.717, 1.165) is 38.4 Å². The number of likely N-dealkylation sites (tertiary alicyclic amines) is 1. The lowest BCUT2D eigenvalue weighted by atomic mass is 9.85. The summed E-state index contributed by atoms with van der Waals surface area (Å²) in [5.74, 6) is 0. The third-order valence-electron chi connectivity index (χ3n) is 5.97. The fraction of sp³-hybridized carbons (Fsp3) is 0.364. The number of thiophene rings is 1. The van der Waals surface area contributed by atoms with Gasteiger partial charge in [-0.25, -0.2) is 0 Å². The van der Waals surface area contributed by atoms with E-state index in [1.165, 1.54) is 28.2 Å². The van der Waals surface area contributed by atoms with E-state index in [4.69, 9.17) is 4.98 Å². The molecule has 1 spiro atoms. The fourth-order valence-corrected chi connectivity index (χ4v) is 5.55. The molecular weight excluding hydrogens is 352 g/mol. The first kappa shape index (κ1) is 16.9. The van der Waals surface area contributed by atoms with Crippen LogP contribution in [-0.4, -0.2) is 34.5 Å². The molecule has 0 aromatic carbocycles. The second kappa shape index (κ2) is 6.73. The number of pyridine rings is 2. The minimum Gasteiger partial charge on any atom is -0.363 e. The zero-order chi connectivity index (χ0) is 18.3.